The maximum Gasteiger partial charge on any atom is 0.556 e. The molecule has 146 valence electrons. The van der Waals surface area contributed by atoms with E-state index in [0.717, 1.165) is 18.4 Å². The second-order valence-electron chi connectivity index (χ2n) is 6.76. The zero-order chi connectivity index (χ0) is 19.0. The molecule has 0 heterocycles. The van der Waals surface area contributed by atoms with Gasteiger partial charge in [-0.1, -0.05) is 69.6 Å². The fraction of sp³-hybridized carbons (Fsp3) is 0.667. The van der Waals surface area contributed by atoms with Gasteiger partial charge in [-0.15, -0.1) is 0 Å². The van der Waals surface area contributed by atoms with Crippen molar-refractivity contribution in [2.24, 2.45) is 0 Å². The lowest BCUT2D eigenvalue weighted by Gasteiger charge is -2.04. The fourth-order valence-corrected chi connectivity index (χ4v) is 3.47. The van der Waals surface area contributed by atoms with Crippen LogP contribution in [0.4, 0.5) is 0 Å². The Morgan fingerprint density at radius 3 is 2.19 bits per heavy atom. The molecular weight excluding hydrogens is 347 g/mol. The highest BCUT2D eigenvalue weighted by molar-refractivity contribution is 7.39. The van der Waals surface area contributed by atoms with E-state index in [-0.39, 0.29) is 5.97 Å². The van der Waals surface area contributed by atoms with Crippen molar-refractivity contribution >= 4 is 14.0 Å². The Kier molecular flexibility index (Phi) is 12.8. The van der Waals surface area contributed by atoms with Crippen LogP contribution in [0.1, 0.15) is 76.7 Å². The molecule has 26 heavy (non-hydrogen) atoms. The van der Waals surface area contributed by atoms with Crippen LogP contribution >= 0.6 is 8.03 Å². The summed E-state index contributed by atoms with van der Waals surface area (Å²) in [5, 5.41) is 0. The topological polar surface area (TPSA) is 52.6 Å². The minimum Gasteiger partial charge on any atom is -0.466 e. The van der Waals surface area contributed by atoms with Crippen molar-refractivity contribution < 1.29 is 18.6 Å². The number of unbranched alkanes of at least 4 members (excludes halogenated alkanes) is 7. The van der Waals surface area contributed by atoms with Crippen LogP contribution < -0.4 is 4.52 Å². The van der Waals surface area contributed by atoms with Crippen molar-refractivity contribution in [3.8, 4) is 5.75 Å². The maximum atomic E-state index is 11.9. The number of rotatable bonds is 15. The van der Waals surface area contributed by atoms with E-state index >= 15 is 0 Å². The van der Waals surface area contributed by atoms with Crippen molar-refractivity contribution in [1.29, 1.82) is 0 Å². The summed E-state index contributed by atoms with van der Waals surface area (Å²) < 4.78 is 22.5. The molecule has 1 aromatic carbocycles. The third-order valence-corrected chi connectivity index (χ3v) is 5.31. The number of carbonyl (C=O) groups is 1. The van der Waals surface area contributed by atoms with Crippen LogP contribution in [0, 0.1) is 6.92 Å². The number of ether oxygens (including phenoxy) is 1. The van der Waals surface area contributed by atoms with E-state index < -0.39 is 8.03 Å². The molecule has 4 nitrogen and oxygen atoms in total. The van der Waals surface area contributed by atoms with Gasteiger partial charge in [-0.2, -0.15) is 0 Å². The minimum absolute atomic E-state index is 0.202. The molecule has 0 amide bonds. The average Bonchev–Trinajstić information content (AvgIpc) is 2.62. The van der Waals surface area contributed by atoms with Crippen LogP contribution in [-0.2, 0) is 14.1 Å². The Morgan fingerprint density at radius 1 is 0.923 bits per heavy atom. The molecule has 1 atom stereocenters. The normalized spacial score (nSPS) is 11.2. The minimum atomic E-state index is -1.78. The summed E-state index contributed by atoms with van der Waals surface area (Å²) in [6, 6.07) is 7.45. The van der Waals surface area contributed by atoms with Gasteiger partial charge in [0.2, 0.25) is 0 Å². The first-order chi connectivity index (χ1) is 12.6. The number of aryl methyl sites for hydroxylation is 1. The zero-order valence-electron chi connectivity index (χ0n) is 16.4. The second kappa shape index (κ2) is 14.7. The third-order valence-electron chi connectivity index (χ3n) is 4.21. The highest BCUT2D eigenvalue weighted by atomic mass is 31.1. The van der Waals surface area contributed by atoms with Gasteiger partial charge in [0.25, 0.3) is 0 Å². The van der Waals surface area contributed by atoms with Crippen LogP contribution in [-0.4, -0.2) is 18.7 Å². The highest BCUT2D eigenvalue weighted by Gasteiger charge is 2.19. The molecule has 0 saturated heterocycles. The Morgan fingerprint density at radius 2 is 1.54 bits per heavy atom. The van der Waals surface area contributed by atoms with Crippen molar-refractivity contribution in [2.75, 3.05) is 12.8 Å². The predicted molar refractivity (Wildman–Crippen MR) is 107 cm³/mol. The van der Waals surface area contributed by atoms with Gasteiger partial charge < -0.3 is 4.74 Å². The predicted octanol–water partition coefficient (Wildman–Crippen LogP) is 6.58. The van der Waals surface area contributed by atoms with Crippen molar-refractivity contribution in [3.05, 3.63) is 29.8 Å². The van der Waals surface area contributed by atoms with Crippen LogP contribution in [0.2, 0.25) is 0 Å². The molecule has 0 spiro atoms. The molecular formula is C21H34O4P+. The zero-order valence-corrected chi connectivity index (χ0v) is 17.3. The highest BCUT2D eigenvalue weighted by Crippen LogP contribution is 2.28. The molecule has 0 aliphatic rings. The summed E-state index contributed by atoms with van der Waals surface area (Å²) >= 11 is 0. The van der Waals surface area contributed by atoms with Crippen molar-refractivity contribution in [2.45, 2.75) is 78.1 Å². The quantitative estimate of drug-likeness (QED) is 0.196. The van der Waals surface area contributed by atoms with Gasteiger partial charge in [0, 0.05) is 12.8 Å². The van der Waals surface area contributed by atoms with E-state index in [9.17, 15) is 9.36 Å². The Balaban J connectivity index is 1.96. The van der Waals surface area contributed by atoms with Gasteiger partial charge in [-0.3, -0.25) is 9.32 Å². The number of hydrogen-bond acceptors (Lipinski definition) is 4. The molecule has 1 unspecified atom stereocenters. The summed E-state index contributed by atoms with van der Waals surface area (Å²) in [7, 11) is -1.78. The lowest BCUT2D eigenvalue weighted by molar-refractivity contribution is -0.143. The van der Waals surface area contributed by atoms with E-state index in [4.69, 9.17) is 9.26 Å². The summed E-state index contributed by atoms with van der Waals surface area (Å²) in [5.41, 5.74) is 1.13. The van der Waals surface area contributed by atoms with Gasteiger partial charge in [-0.05, 0) is 30.0 Å². The Bertz CT molecular complexity index is 513. The van der Waals surface area contributed by atoms with Gasteiger partial charge in [0.15, 0.2) is 11.9 Å². The maximum absolute atomic E-state index is 11.9. The molecule has 5 heteroatoms. The lowest BCUT2D eigenvalue weighted by Crippen LogP contribution is -2.06. The molecule has 0 aliphatic heterocycles. The number of benzene rings is 1. The van der Waals surface area contributed by atoms with Gasteiger partial charge in [0.05, 0.1) is 6.61 Å². The molecule has 1 rings (SSSR count). The molecule has 0 aromatic heterocycles. The fourth-order valence-electron chi connectivity index (χ4n) is 2.61. The average molecular weight is 381 g/mol. The largest absolute Gasteiger partial charge is 0.556 e. The summed E-state index contributed by atoms with van der Waals surface area (Å²) in [6.07, 6.45) is 11.0. The molecule has 0 saturated carbocycles. The molecule has 0 N–H and O–H groups in total. The molecule has 0 aliphatic carbocycles. The van der Waals surface area contributed by atoms with E-state index in [2.05, 4.69) is 6.92 Å². The first kappa shape index (κ1) is 22.6. The van der Waals surface area contributed by atoms with Crippen molar-refractivity contribution in [1.82, 2.24) is 0 Å². The molecule has 0 radical (unpaired) electrons. The van der Waals surface area contributed by atoms with Crippen molar-refractivity contribution in [3.63, 3.8) is 0 Å². The van der Waals surface area contributed by atoms with Crippen LogP contribution in [0.25, 0.3) is 0 Å². The first-order valence-corrected chi connectivity index (χ1v) is 11.3. The monoisotopic (exact) mass is 381 g/mol. The first-order valence-electron chi connectivity index (χ1n) is 9.96. The third kappa shape index (κ3) is 12.0. The smallest absolute Gasteiger partial charge is 0.466 e. The standard InChI is InChI=1S/C21H34O4P/c1-3-4-5-6-7-8-9-10-17-24-21(22)12-11-18-26(23)25-20-15-13-19(2)14-16-20/h13-16H,3-12,17-18H2,1-2H3/q+1. The summed E-state index contributed by atoms with van der Waals surface area (Å²) in [4.78, 5) is 11.7. The van der Waals surface area contributed by atoms with Crippen LogP contribution in [0.5, 0.6) is 5.75 Å². The molecule has 0 fully saturated rings. The van der Waals surface area contributed by atoms with E-state index in [1.807, 2.05) is 19.1 Å². The lowest BCUT2D eigenvalue weighted by atomic mass is 10.1. The number of carbonyl (C=O) groups excluding carboxylic acids is 1. The second-order valence-corrected chi connectivity index (χ2v) is 8.05. The Labute approximate surface area is 159 Å². The molecule has 1 aromatic rings. The number of hydrogen-bond donors (Lipinski definition) is 0. The van der Waals surface area contributed by atoms with Crippen LogP contribution in [0.15, 0.2) is 24.3 Å². The van der Waals surface area contributed by atoms with E-state index in [1.54, 1.807) is 12.1 Å². The summed E-state index contributed by atoms with van der Waals surface area (Å²) in [5.74, 6) is 0.403. The van der Waals surface area contributed by atoms with E-state index in [1.165, 1.54) is 38.5 Å². The van der Waals surface area contributed by atoms with Gasteiger partial charge >= 0.3 is 14.0 Å². The Hall–Kier alpha value is -1.41. The number of esters is 1. The molecule has 0 bridgehead atoms. The van der Waals surface area contributed by atoms with Gasteiger partial charge in [-0.25, -0.2) is 0 Å². The SMILES string of the molecule is CCCCCCCCCCOC(=O)CCC[P+](=O)Oc1ccc(C)cc1. The van der Waals surface area contributed by atoms with Gasteiger partial charge in [0.1, 0.15) is 0 Å². The summed E-state index contributed by atoms with van der Waals surface area (Å²) in [6.45, 7) is 4.71. The van der Waals surface area contributed by atoms with E-state index in [0.29, 0.717) is 31.4 Å². The van der Waals surface area contributed by atoms with Crippen LogP contribution in [0.3, 0.4) is 0 Å².